The summed E-state index contributed by atoms with van der Waals surface area (Å²) in [5.41, 5.74) is -2.52. The third kappa shape index (κ3) is 9.96. The highest BCUT2D eigenvalue weighted by atomic mass is 31.1. The van der Waals surface area contributed by atoms with E-state index in [1.54, 1.807) is 64.1 Å². The Balaban J connectivity index is 1.77. The number of hydrogen-bond donors (Lipinski definition) is 1. The number of aromatic nitrogens is 1. The SMILES string of the molecule is CCOc1cccc(OCC)c1P(c1c(OCC)cccc1OCC)c1c(-c2cc(C(F)(F)F)cc(C(F)(F)F)c2)ccc2c3ccc(-c4cc(C(F)(F)F)cc(C(F)(F)F)c4)cc3n(C(N)=O)c12. The number of ether oxygens (including phenoxy) is 4. The number of fused-ring (bicyclic) bond motifs is 3. The fourth-order valence-electron chi connectivity index (χ4n) is 8.06. The van der Waals surface area contributed by atoms with Crippen molar-refractivity contribution in [2.75, 3.05) is 26.4 Å². The van der Waals surface area contributed by atoms with Gasteiger partial charge in [0.2, 0.25) is 0 Å². The van der Waals surface area contributed by atoms with Crippen LogP contribution in [0.3, 0.4) is 0 Å². The minimum Gasteiger partial charge on any atom is -0.493 e. The molecular formula is C49H39F12N2O5P. The first-order chi connectivity index (χ1) is 32.4. The number of halogens is 12. The van der Waals surface area contributed by atoms with E-state index in [4.69, 9.17) is 24.7 Å². The lowest BCUT2D eigenvalue weighted by Gasteiger charge is -2.30. The second-order valence-electron chi connectivity index (χ2n) is 15.1. The highest BCUT2D eigenvalue weighted by molar-refractivity contribution is 7.81. The summed E-state index contributed by atoms with van der Waals surface area (Å²) in [6.07, 6.45) is -21.1. The summed E-state index contributed by atoms with van der Waals surface area (Å²) in [7, 11) is -2.60. The first-order valence-electron chi connectivity index (χ1n) is 21.0. The molecule has 6 aromatic carbocycles. The number of benzene rings is 6. The fraction of sp³-hybridized carbons (Fsp3) is 0.245. The summed E-state index contributed by atoms with van der Waals surface area (Å²) in [5, 5.41) is 0.498. The fourth-order valence-corrected chi connectivity index (χ4v) is 11.0. The number of carbonyl (C=O) groups excluding carboxylic acids is 1. The van der Waals surface area contributed by atoms with Crippen molar-refractivity contribution in [1.82, 2.24) is 4.57 Å². The van der Waals surface area contributed by atoms with Gasteiger partial charge in [-0.05, 0) is 117 Å². The summed E-state index contributed by atoms with van der Waals surface area (Å²) in [6, 6.07) is 16.3. The molecule has 0 aliphatic rings. The lowest BCUT2D eigenvalue weighted by atomic mass is 9.97. The summed E-state index contributed by atoms with van der Waals surface area (Å²) in [4.78, 5) is 14.2. The maximum absolute atomic E-state index is 14.7. The van der Waals surface area contributed by atoms with Crippen LogP contribution in [0.1, 0.15) is 49.9 Å². The van der Waals surface area contributed by atoms with Gasteiger partial charge < -0.3 is 24.7 Å². The zero-order chi connectivity index (χ0) is 50.4. The Hall–Kier alpha value is -6.62. The van der Waals surface area contributed by atoms with Gasteiger partial charge in [0.1, 0.15) is 23.0 Å². The van der Waals surface area contributed by atoms with E-state index in [1.807, 2.05) is 0 Å². The van der Waals surface area contributed by atoms with Gasteiger partial charge in [-0.2, -0.15) is 52.7 Å². The number of alkyl halides is 12. The topological polar surface area (TPSA) is 84.9 Å². The van der Waals surface area contributed by atoms with Gasteiger partial charge in [-0.1, -0.05) is 36.4 Å². The Morgan fingerprint density at radius 2 is 0.855 bits per heavy atom. The van der Waals surface area contributed by atoms with Gasteiger partial charge in [-0.25, -0.2) is 4.79 Å². The molecule has 0 bridgehead atoms. The van der Waals surface area contributed by atoms with Crippen molar-refractivity contribution in [3.63, 3.8) is 0 Å². The van der Waals surface area contributed by atoms with Crippen LogP contribution < -0.4 is 40.6 Å². The summed E-state index contributed by atoms with van der Waals surface area (Å²) in [5.74, 6) is 0.557. The molecule has 0 aliphatic carbocycles. The summed E-state index contributed by atoms with van der Waals surface area (Å²) in [6.45, 7) is 6.79. The van der Waals surface area contributed by atoms with Crippen molar-refractivity contribution in [2.24, 2.45) is 5.73 Å². The van der Waals surface area contributed by atoms with E-state index in [0.29, 0.717) is 24.3 Å². The molecule has 0 spiro atoms. The van der Waals surface area contributed by atoms with Crippen LogP contribution in [-0.4, -0.2) is 37.0 Å². The number of nitrogens with two attached hydrogens (primary N) is 1. The normalized spacial score (nSPS) is 12.5. The smallest absolute Gasteiger partial charge is 0.416 e. The van der Waals surface area contributed by atoms with Crippen LogP contribution in [0.4, 0.5) is 57.5 Å². The first kappa shape index (κ1) is 50.3. The van der Waals surface area contributed by atoms with E-state index in [0.717, 1.165) is 10.6 Å². The molecule has 0 aliphatic heterocycles. The number of amides is 1. The van der Waals surface area contributed by atoms with Crippen LogP contribution in [0.2, 0.25) is 0 Å². The number of carbonyl (C=O) groups is 1. The Kier molecular flexibility index (Phi) is 13.9. The third-order valence-corrected chi connectivity index (χ3v) is 13.4. The maximum Gasteiger partial charge on any atom is 0.416 e. The molecule has 0 atom stereocenters. The van der Waals surface area contributed by atoms with E-state index >= 15 is 0 Å². The predicted octanol–water partition coefficient (Wildman–Crippen LogP) is 13.5. The average Bonchev–Trinajstić information content (AvgIpc) is 3.61. The molecule has 1 aromatic heterocycles. The highest BCUT2D eigenvalue weighted by Crippen LogP contribution is 2.52. The zero-order valence-electron chi connectivity index (χ0n) is 36.7. The highest BCUT2D eigenvalue weighted by Gasteiger charge is 2.41. The quantitative estimate of drug-likeness (QED) is 0.0919. The Morgan fingerprint density at radius 3 is 1.22 bits per heavy atom. The van der Waals surface area contributed by atoms with Gasteiger partial charge in [0, 0.05) is 24.0 Å². The van der Waals surface area contributed by atoms with Crippen molar-refractivity contribution in [3.05, 3.63) is 125 Å². The predicted molar refractivity (Wildman–Crippen MR) is 239 cm³/mol. The molecule has 0 saturated carbocycles. The van der Waals surface area contributed by atoms with Gasteiger partial charge >= 0.3 is 30.7 Å². The number of rotatable bonds is 13. The monoisotopic (exact) mass is 994 g/mol. The van der Waals surface area contributed by atoms with Crippen LogP contribution in [0.5, 0.6) is 23.0 Å². The zero-order valence-corrected chi connectivity index (χ0v) is 37.6. The number of hydrogen-bond acceptors (Lipinski definition) is 5. The molecule has 0 saturated heterocycles. The van der Waals surface area contributed by atoms with Gasteiger partial charge in [0.05, 0.1) is 70.3 Å². The third-order valence-electron chi connectivity index (χ3n) is 10.7. The molecule has 7 nitrogen and oxygen atoms in total. The Morgan fingerprint density at radius 1 is 0.478 bits per heavy atom. The largest absolute Gasteiger partial charge is 0.493 e. The molecule has 0 fully saturated rings. The molecule has 7 rings (SSSR count). The molecule has 1 amide bonds. The van der Waals surface area contributed by atoms with Crippen molar-refractivity contribution < 1.29 is 76.4 Å². The van der Waals surface area contributed by atoms with E-state index in [-0.39, 0.29) is 110 Å². The van der Waals surface area contributed by atoms with Crippen LogP contribution in [0.15, 0.2) is 103 Å². The second-order valence-corrected chi connectivity index (χ2v) is 17.1. The lowest BCUT2D eigenvalue weighted by Crippen LogP contribution is -2.30. The van der Waals surface area contributed by atoms with E-state index < -0.39 is 72.0 Å². The maximum atomic E-state index is 14.7. The molecule has 0 radical (unpaired) electrons. The van der Waals surface area contributed by atoms with Gasteiger partial charge in [-0.3, -0.25) is 4.57 Å². The molecule has 20 heteroatoms. The Labute approximate surface area is 387 Å². The van der Waals surface area contributed by atoms with E-state index in [2.05, 4.69) is 0 Å². The molecule has 364 valence electrons. The minimum atomic E-state index is -5.31. The van der Waals surface area contributed by atoms with Crippen molar-refractivity contribution >= 4 is 51.7 Å². The molecule has 2 N–H and O–H groups in total. The summed E-state index contributed by atoms with van der Waals surface area (Å²) < 4.78 is 198. The number of nitrogens with zero attached hydrogens (tertiary/aromatic N) is 1. The molecule has 7 aromatic rings. The average molecular weight is 995 g/mol. The first-order valence-corrected chi connectivity index (χ1v) is 22.3. The standard InChI is InChI=1S/C49H39F12N2O5P/c1-5-65-37-11-9-12-38(66-6-2)43(37)69(44-39(67-7-3)13-10-14-40(44)68-8-4)42-33(28-21-31(48(56,57)58)25-32(22-28)49(59,60)61)17-18-35-34-16-15-26(23-36(34)63(41(35)42)45(62)64)27-19-29(46(50,51)52)24-30(20-27)47(53,54)55/h9-25H,5-8H2,1-4H3,(H2,62,64). The lowest BCUT2D eigenvalue weighted by molar-refractivity contribution is -0.144. The molecule has 0 unspecified atom stereocenters. The van der Waals surface area contributed by atoms with Crippen LogP contribution >= 0.6 is 7.92 Å². The van der Waals surface area contributed by atoms with Crippen LogP contribution in [0, 0.1) is 0 Å². The number of primary amides is 1. The van der Waals surface area contributed by atoms with E-state index in [1.165, 1.54) is 24.3 Å². The molecular weight excluding hydrogens is 955 g/mol. The van der Waals surface area contributed by atoms with Crippen molar-refractivity contribution in [3.8, 4) is 45.3 Å². The minimum absolute atomic E-state index is 0.0344. The van der Waals surface area contributed by atoms with Gasteiger partial charge in [0.25, 0.3) is 0 Å². The van der Waals surface area contributed by atoms with Crippen molar-refractivity contribution in [2.45, 2.75) is 52.4 Å². The van der Waals surface area contributed by atoms with E-state index in [9.17, 15) is 57.5 Å². The molecule has 69 heavy (non-hydrogen) atoms. The summed E-state index contributed by atoms with van der Waals surface area (Å²) >= 11 is 0. The van der Waals surface area contributed by atoms with Gasteiger partial charge in [0.15, 0.2) is 0 Å². The van der Waals surface area contributed by atoms with Crippen molar-refractivity contribution in [1.29, 1.82) is 0 Å². The van der Waals surface area contributed by atoms with Crippen LogP contribution in [0.25, 0.3) is 44.1 Å². The van der Waals surface area contributed by atoms with Crippen LogP contribution in [-0.2, 0) is 24.7 Å². The van der Waals surface area contributed by atoms with Gasteiger partial charge in [-0.15, -0.1) is 0 Å². The second kappa shape index (κ2) is 19.1. The molecule has 1 heterocycles. The Bertz CT molecular complexity index is 2900.